The predicted octanol–water partition coefficient (Wildman–Crippen LogP) is 4.06. The minimum absolute atomic E-state index is 0.00912. The number of allylic oxidation sites excluding steroid dienone is 1. The Balaban J connectivity index is 2.01. The van der Waals surface area contributed by atoms with E-state index in [0.29, 0.717) is 17.6 Å². The third-order valence-electron chi connectivity index (χ3n) is 4.27. The van der Waals surface area contributed by atoms with E-state index in [1.54, 1.807) is 6.08 Å². The van der Waals surface area contributed by atoms with Crippen LogP contribution in [0.1, 0.15) is 17.4 Å². The molecule has 1 aliphatic carbocycles. The topological polar surface area (TPSA) is 43.4 Å². The molecule has 24 heavy (non-hydrogen) atoms. The first kappa shape index (κ1) is 16.4. The molecule has 0 N–H and O–H groups in total. The fraction of sp³-hybridized carbons (Fsp3) is 0.200. The van der Waals surface area contributed by atoms with Crippen LogP contribution in [0.4, 0.5) is 0 Å². The van der Waals surface area contributed by atoms with Gasteiger partial charge in [-0.05, 0) is 42.0 Å². The van der Waals surface area contributed by atoms with Crippen molar-refractivity contribution in [2.24, 2.45) is 5.92 Å². The van der Waals surface area contributed by atoms with Crippen LogP contribution in [0.15, 0.2) is 64.6 Å². The number of rotatable bonds is 4. The summed E-state index contributed by atoms with van der Waals surface area (Å²) in [6.07, 6.45) is 2.39. The molecule has 1 unspecified atom stereocenters. The number of ether oxygens (including phenoxy) is 1. The van der Waals surface area contributed by atoms with Crippen molar-refractivity contribution in [1.29, 1.82) is 0 Å². The fourth-order valence-corrected chi connectivity index (χ4v) is 3.68. The smallest absolute Gasteiger partial charge is 0.338 e. The summed E-state index contributed by atoms with van der Waals surface area (Å²) in [4.78, 5) is 26.2. The number of hydrogen-bond donors (Lipinski definition) is 0. The Bertz CT molecular complexity index is 814. The molecular weight excluding hydrogens is 320 g/mol. The number of ketones is 1. The second-order valence-electron chi connectivity index (χ2n) is 5.73. The number of thiophene rings is 1. The van der Waals surface area contributed by atoms with Gasteiger partial charge in [-0.1, -0.05) is 36.4 Å². The van der Waals surface area contributed by atoms with Gasteiger partial charge >= 0.3 is 5.97 Å². The van der Waals surface area contributed by atoms with Crippen LogP contribution in [0, 0.1) is 5.92 Å². The molecule has 0 amide bonds. The highest BCUT2D eigenvalue weighted by molar-refractivity contribution is 7.10. The van der Waals surface area contributed by atoms with Crippen molar-refractivity contribution in [2.75, 3.05) is 7.11 Å². The average Bonchev–Trinajstić information content (AvgIpc) is 3.18. The molecule has 0 radical (unpaired) electrons. The molecule has 1 aromatic carbocycles. The third-order valence-corrected chi connectivity index (χ3v) is 5.09. The van der Waals surface area contributed by atoms with Gasteiger partial charge in [-0.15, -0.1) is 11.3 Å². The van der Waals surface area contributed by atoms with Gasteiger partial charge in [0.05, 0.1) is 12.7 Å². The predicted molar refractivity (Wildman–Crippen MR) is 95.7 cm³/mol. The van der Waals surface area contributed by atoms with Crippen LogP contribution in [0.2, 0.25) is 0 Å². The molecule has 0 aliphatic heterocycles. The molecule has 4 heteroatoms. The van der Waals surface area contributed by atoms with Gasteiger partial charge < -0.3 is 4.74 Å². The van der Waals surface area contributed by atoms with Gasteiger partial charge in [0.2, 0.25) is 0 Å². The van der Waals surface area contributed by atoms with Gasteiger partial charge in [-0.3, -0.25) is 4.79 Å². The van der Waals surface area contributed by atoms with Crippen LogP contribution in [0.25, 0.3) is 6.08 Å². The van der Waals surface area contributed by atoms with E-state index in [2.05, 4.69) is 0 Å². The minimum atomic E-state index is -0.445. The Kier molecular flexibility index (Phi) is 4.76. The van der Waals surface area contributed by atoms with E-state index in [1.165, 1.54) is 18.4 Å². The first-order valence-electron chi connectivity index (χ1n) is 7.74. The molecule has 0 saturated heterocycles. The quantitative estimate of drug-likeness (QED) is 0.624. The van der Waals surface area contributed by atoms with Crippen LogP contribution in [0.5, 0.6) is 0 Å². The minimum Gasteiger partial charge on any atom is -0.465 e. The molecule has 122 valence electrons. The lowest BCUT2D eigenvalue weighted by molar-refractivity contribution is -0.136. The van der Waals surface area contributed by atoms with Gasteiger partial charge in [-0.2, -0.15) is 0 Å². The van der Waals surface area contributed by atoms with E-state index < -0.39 is 5.97 Å². The lowest BCUT2D eigenvalue weighted by atomic mass is 9.92. The Morgan fingerprint density at radius 1 is 1.21 bits per heavy atom. The highest BCUT2D eigenvalue weighted by Crippen LogP contribution is 2.37. The van der Waals surface area contributed by atoms with Gasteiger partial charge in [0.15, 0.2) is 5.78 Å². The Morgan fingerprint density at radius 3 is 2.58 bits per heavy atom. The largest absolute Gasteiger partial charge is 0.465 e. The summed E-state index contributed by atoms with van der Waals surface area (Å²) >= 11 is 1.54. The lowest BCUT2D eigenvalue weighted by Crippen LogP contribution is -2.14. The van der Waals surface area contributed by atoms with Crippen molar-refractivity contribution < 1.29 is 14.3 Å². The molecule has 3 rings (SSSR count). The van der Waals surface area contributed by atoms with Crippen LogP contribution in [-0.2, 0) is 20.7 Å². The number of hydrogen-bond acceptors (Lipinski definition) is 4. The first-order valence-corrected chi connectivity index (χ1v) is 8.62. The summed E-state index contributed by atoms with van der Waals surface area (Å²) in [5.74, 6) is -0.767. The number of Topliss-reactive ketones (excluding diaryl/α,β-unsaturated/α-hetero) is 1. The van der Waals surface area contributed by atoms with Crippen LogP contribution < -0.4 is 0 Å². The maximum Gasteiger partial charge on any atom is 0.338 e. The monoisotopic (exact) mass is 338 g/mol. The maximum absolute atomic E-state index is 13.0. The molecule has 1 heterocycles. The van der Waals surface area contributed by atoms with Gasteiger partial charge in [0.1, 0.15) is 0 Å². The van der Waals surface area contributed by atoms with Crippen molar-refractivity contribution in [2.45, 2.75) is 13.3 Å². The summed E-state index contributed by atoms with van der Waals surface area (Å²) in [7, 11) is 1.35. The molecule has 1 aliphatic rings. The van der Waals surface area contributed by atoms with Crippen molar-refractivity contribution in [3.8, 4) is 0 Å². The van der Waals surface area contributed by atoms with E-state index in [0.717, 1.165) is 16.0 Å². The Hall–Kier alpha value is -2.46. The molecule has 0 bridgehead atoms. The molecule has 0 spiro atoms. The zero-order valence-corrected chi connectivity index (χ0v) is 14.4. The molecule has 0 saturated carbocycles. The van der Waals surface area contributed by atoms with E-state index in [4.69, 9.17) is 4.74 Å². The number of carbonyl (C=O) groups excluding carboxylic acids is 2. The van der Waals surface area contributed by atoms with Crippen molar-refractivity contribution in [1.82, 2.24) is 0 Å². The highest BCUT2D eigenvalue weighted by Gasteiger charge is 2.38. The second kappa shape index (κ2) is 6.97. The number of esters is 1. The van der Waals surface area contributed by atoms with Crippen molar-refractivity contribution in [3.05, 3.63) is 75.0 Å². The highest BCUT2D eigenvalue weighted by atomic mass is 32.1. The molecule has 1 atom stereocenters. The molecule has 1 aromatic heterocycles. The Morgan fingerprint density at radius 2 is 1.96 bits per heavy atom. The molecule has 2 aromatic rings. The zero-order valence-electron chi connectivity index (χ0n) is 13.6. The van der Waals surface area contributed by atoms with Crippen molar-refractivity contribution >= 4 is 29.2 Å². The summed E-state index contributed by atoms with van der Waals surface area (Å²) in [6.45, 7) is 1.85. The normalized spacial score (nSPS) is 19.2. The number of methoxy groups -OCH3 is 1. The summed E-state index contributed by atoms with van der Waals surface area (Å²) in [5, 5.41) is 1.95. The third kappa shape index (κ3) is 3.10. The lowest BCUT2D eigenvalue weighted by Gasteiger charge is -2.10. The van der Waals surface area contributed by atoms with E-state index in [9.17, 15) is 9.59 Å². The van der Waals surface area contributed by atoms with E-state index in [-0.39, 0.29) is 11.7 Å². The van der Waals surface area contributed by atoms with E-state index >= 15 is 0 Å². The van der Waals surface area contributed by atoms with Crippen LogP contribution in [0.3, 0.4) is 0 Å². The molecular formula is C20H18O3S. The zero-order chi connectivity index (χ0) is 17.1. The summed E-state index contributed by atoms with van der Waals surface area (Å²) in [5.41, 5.74) is 2.75. The maximum atomic E-state index is 13.0. The number of benzene rings is 1. The van der Waals surface area contributed by atoms with Crippen LogP contribution >= 0.6 is 11.3 Å². The van der Waals surface area contributed by atoms with Crippen molar-refractivity contribution in [3.63, 3.8) is 0 Å². The molecule has 3 nitrogen and oxygen atoms in total. The second-order valence-corrected chi connectivity index (χ2v) is 6.71. The standard InChI is InChI=1S/C20H18O3S/c1-13-16(11-14-7-4-3-5-8-14)19(21)17(18(13)20(22)23-2)12-15-9-6-10-24-15/h3-10,12,16H,11H2,1-2H3/b17-12-. The van der Waals surface area contributed by atoms with Gasteiger partial charge in [-0.25, -0.2) is 4.79 Å². The SMILES string of the molecule is COC(=O)C1=C(C)C(Cc2ccccc2)C(=O)/C1=C\c1cccs1. The first-order chi connectivity index (χ1) is 11.6. The fourth-order valence-electron chi connectivity index (χ4n) is 3.02. The summed E-state index contributed by atoms with van der Waals surface area (Å²) in [6, 6.07) is 13.7. The summed E-state index contributed by atoms with van der Waals surface area (Å²) < 4.78 is 4.91. The van der Waals surface area contributed by atoms with Crippen LogP contribution in [-0.4, -0.2) is 18.9 Å². The van der Waals surface area contributed by atoms with Gasteiger partial charge in [0.25, 0.3) is 0 Å². The molecule has 0 fully saturated rings. The van der Waals surface area contributed by atoms with Gasteiger partial charge in [0, 0.05) is 16.4 Å². The Labute approximate surface area is 145 Å². The number of carbonyl (C=O) groups is 2. The van der Waals surface area contributed by atoms with E-state index in [1.807, 2.05) is 54.8 Å². The average molecular weight is 338 g/mol.